The molecule has 0 saturated heterocycles. The van der Waals surface area contributed by atoms with Gasteiger partial charge in [0.15, 0.2) is 5.13 Å². The van der Waals surface area contributed by atoms with Crippen LogP contribution in [0.15, 0.2) is 35.7 Å². The van der Waals surface area contributed by atoms with Gasteiger partial charge in [-0.3, -0.25) is 0 Å². The van der Waals surface area contributed by atoms with Crippen LogP contribution in [0.25, 0.3) is 0 Å². The van der Waals surface area contributed by atoms with E-state index in [1.165, 1.54) is 5.56 Å². The first kappa shape index (κ1) is 12.1. The first-order valence-electron chi connectivity index (χ1n) is 5.63. The van der Waals surface area contributed by atoms with Crippen LogP contribution in [0.2, 0.25) is 0 Å². The van der Waals surface area contributed by atoms with Gasteiger partial charge in [-0.25, -0.2) is 4.98 Å². The molecule has 1 unspecified atom stereocenters. The molecule has 3 nitrogen and oxygen atoms in total. The van der Waals surface area contributed by atoms with Gasteiger partial charge in [0.1, 0.15) is 0 Å². The number of nitrogens with zero attached hydrogens (tertiary/aromatic N) is 2. The second-order valence-electron chi connectivity index (χ2n) is 4.19. The van der Waals surface area contributed by atoms with Crippen molar-refractivity contribution in [2.24, 2.45) is 5.73 Å². The van der Waals surface area contributed by atoms with Crippen LogP contribution < -0.4 is 10.6 Å². The van der Waals surface area contributed by atoms with Crippen LogP contribution in [0.3, 0.4) is 0 Å². The molecule has 0 bridgehead atoms. The van der Waals surface area contributed by atoms with Crippen molar-refractivity contribution in [1.82, 2.24) is 4.98 Å². The smallest absolute Gasteiger partial charge is 0.185 e. The average Bonchev–Trinajstić information content (AvgIpc) is 2.79. The molecule has 0 aliphatic rings. The van der Waals surface area contributed by atoms with E-state index in [1.807, 2.05) is 18.4 Å². The highest BCUT2D eigenvalue weighted by atomic mass is 32.1. The van der Waals surface area contributed by atoms with E-state index in [0.29, 0.717) is 0 Å². The molecule has 17 heavy (non-hydrogen) atoms. The summed E-state index contributed by atoms with van der Waals surface area (Å²) in [4.78, 5) is 6.67. The summed E-state index contributed by atoms with van der Waals surface area (Å²) in [7, 11) is 2.05. The molecule has 2 rings (SSSR count). The molecule has 0 aliphatic carbocycles. The Morgan fingerprint density at radius 3 is 2.65 bits per heavy atom. The second kappa shape index (κ2) is 5.29. The molecule has 90 valence electrons. The number of anilines is 1. The topological polar surface area (TPSA) is 42.1 Å². The van der Waals surface area contributed by atoms with Crippen molar-refractivity contribution in [3.8, 4) is 0 Å². The highest BCUT2D eigenvalue weighted by molar-refractivity contribution is 7.13. The molecule has 1 aromatic heterocycles. The van der Waals surface area contributed by atoms with E-state index in [4.69, 9.17) is 5.73 Å². The lowest BCUT2D eigenvalue weighted by Gasteiger charge is -2.15. The summed E-state index contributed by atoms with van der Waals surface area (Å²) in [6, 6.07) is 10.4. The van der Waals surface area contributed by atoms with Crippen molar-refractivity contribution in [1.29, 1.82) is 0 Å². The fourth-order valence-corrected chi connectivity index (χ4v) is 2.48. The van der Waals surface area contributed by atoms with Gasteiger partial charge in [0.05, 0.1) is 5.69 Å². The summed E-state index contributed by atoms with van der Waals surface area (Å²) in [5.41, 5.74) is 8.05. The number of rotatable bonds is 4. The molecule has 1 atom stereocenters. The van der Waals surface area contributed by atoms with E-state index in [1.54, 1.807) is 11.3 Å². The van der Waals surface area contributed by atoms with Gasteiger partial charge >= 0.3 is 0 Å². The quantitative estimate of drug-likeness (QED) is 0.903. The first-order valence-corrected chi connectivity index (χ1v) is 6.51. The molecular formula is C13H17N3S. The Morgan fingerprint density at radius 2 is 2.06 bits per heavy atom. The standard InChI is InChI=1S/C13H17N3S/c1-10(14)12-9-17-13(15-12)16(2)8-11-6-4-3-5-7-11/h3-7,9-10H,8,14H2,1-2H3. The summed E-state index contributed by atoms with van der Waals surface area (Å²) in [5.74, 6) is 0. The van der Waals surface area contributed by atoms with E-state index in [9.17, 15) is 0 Å². The molecule has 0 fully saturated rings. The lowest BCUT2D eigenvalue weighted by Crippen LogP contribution is -2.16. The molecule has 2 N–H and O–H groups in total. The number of aromatic nitrogens is 1. The van der Waals surface area contributed by atoms with Crippen LogP contribution in [0.5, 0.6) is 0 Å². The second-order valence-corrected chi connectivity index (χ2v) is 5.02. The van der Waals surface area contributed by atoms with Gasteiger partial charge in [0, 0.05) is 25.0 Å². The van der Waals surface area contributed by atoms with Gasteiger partial charge in [-0.05, 0) is 12.5 Å². The van der Waals surface area contributed by atoms with Crippen LogP contribution in [-0.2, 0) is 6.54 Å². The monoisotopic (exact) mass is 247 g/mol. The predicted octanol–water partition coefficient (Wildman–Crippen LogP) is 2.80. The van der Waals surface area contributed by atoms with Crippen molar-refractivity contribution in [2.75, 3.05) is 11.9 Å². The van der Waals surface area contributed by atoms with Crippen LogP contribution in [-0.4, -0.2) is 12.0 Å². The van der Waals surface area contributed by atoms with Crippen molar-refractivity contribution in [2.45, 2.75) is 19.5 Å². The fourth-order valence-electron chi connectivity index (χ4n) is 1.59. The largest absolute Gasteiger partial charge is 0.347 e. The number of benzene rings is 1. The van der Waals surface area contributed by atoms with Gasteiger partial charge < -0.3 is 10.6 Å². The third-order valence-corrected chi connectivity index (χ3v) is 3.54. The van der Waals surface area contributed by atoms with Crippen molar-refractivity contribution < 1.29 is 0 Å². The van der Waals surface area contributed by atoms with Gasteiger partial charge in [-0.1, -0.05) is 30.3 Å². The number of hydrogen-bond donors (Lipinski definition) is 1. The molecule has 0 aliphatic heterocycles. The van der Waals surface area contributed by atoms with Gasteiger partial charge in [-0.15, -0.1) is 11.3 Å². The highest BCUT2D eigenvalue weighted by Gasteiger charge is 2.09. The molecule has 0 saturated carbocycles. The number of thiazole rings is 1. The average molecular weight is 247 g/mol. The normalized spacial score (nSPS) is 12.4. The molecule has 1 aromatic carbocycles. The maximum absolute atomic E-state index is 5.81. The van der Waals surface area contributed by atoms with E-state index in [2.05, 4.69) is 41.2 Å². The molecule has 2 aromatic rings. The van der Waals surface area contributed by atoms with Crippen LogP contribution >= 0.6 is 11.3 Å². The van der Waals surface area contributed by atoms with Crippen LogP contribution in [0.1, 0.15) is 24.2 Å². The molecule has 4 heteroatoms. The zero-order chi connectivity index (χ0) is 12.3. The van der Waals surface area contributed by atoms with Crippen molar-refractivity contribution in [3.05, 3.63) is 47.0 Å². The van der Waals surface area contributed by atoms with Crippen LogP contribution in [0, 0.1) is 0 Å². The number of hydrogen-bond acceptors (Lipinski definition) is 4. The Labute approximate surface area is 106 Å². The van der Waals surface area contributed by atoms with E-state index >= 15 is 0 Å². The van der Waals surface area contributed by atoms with Crippen molar-refractivity contribution in [3.63, 3.8) is 0 Å². The first-order chi connectivity index (χ1) is 8.16. The fraction of sp³-hybridized carbons (Fsp3) is 0.308. The van der Waals surface area contributed by atoms with Crippen LogP contribution in [0.4, 0.5) is 5.13 Å². The summed E-state index contributed by atoms with van der Waals surface area (Å²) in [6.07, 6.45) is 0. The van der Waals surface area contributed by atoms with Gasteiger partial charge in [0.25, 0.3) is 0 Å². The molecule has 0 radical (unpaired) electrons. The van der Waals surface area contributed by atoms with E-state index in [0.717, 1.165) is 17.4 Å². The van der Waals surface area contributed by atoms with E-state index < -0.39 is 0 Å². The minimum atomic E-state index is 0.00475. The maximum atomic E-state index is 5.81. The molecule has 1 heterocycles. The summed E-state index contributed by atoms with van der Waals surface area (Å²) < 4.78 is 0. The van der Waals surface area contributed by atoms with Crippen molar-refractivity contribution >= 4 is 16.5 Å². The summed E-state index contributed by atoms with van der Waals surface area (Å²) in [6.45, 7) is 2.82. The lowest BCUT2D eigenvalue weighted by molar-refractivity contribution is 0.783. The third kappa shape index (κ3) is 3.05. The molecule has 0 spiro atoms. The van der Waals surface area contributed by atoms with E-state index in [-0.39, 0.29) is 6.04 Å². The highest BCUT2D eigenvalue weighted by Crippen LogP contribution is 2.23. The maximum Gasteiger partial charge on any atom is 0.185 e. The molecule has 0 amide bonds. The van der Waals surface area contributed by atoms with Gasteiger partial charge in [-0.2, -0.15) is 0 Å². The van der Waals surface area contributed by atoms with Gasteiger partial charge in [0.2, 0.25) is 0 Å². The Balaban J connectivity index is 2.07. The lowest BCUT2D eigenvalue weighted by atomic mass is 10.2. The minimum absolute atomic E-state index is 0.00475. The summed E-state index contributed by atoms with van der Waals surface area (Å²) >= 11 is 1.64. The molecular weight excluding hydrogens is 230 g/mol. The number of nitrogens with two attached hydrogens (primary N) is 1. The minimum Gasteiger partial charge on any atom is -0.347 e. The Bertz CT molecular complexity index is 465. The summed E-state index contributed by atoms with van der Waals surface area (Å²) in [5, 5.41) is 3.04. The zero-order valence-electron chi connectivity index (χ0n) is 10.1. The SMILES string of the molecule is CC(N)c1csc(N(C)Cc2ccccc2)n1. The Hall–Kier alpha value is -1.39. The predicted molar refractivity (Wildman–Crippen MR) is 73.3 cm³/mol. The zero-order valence-corrected chi connectivity index (χ0v) is 10.9. The third-order valence-electron chi connectivity index (χ3n) is 2.57. The Kier molecular flexibility index (Phi) is 3.76. The Morgan fingerprint density at radius 1 is 1.35 bits per heavy atom.